The molecule has 0 atom stereocenters. The number of hydrogen-bond acceptors (Lipinski definition) is 8. The molecular formula is C13H13N3O4S. The van der Waals surface area contributed by atoms with Gasteiger partial charge in [0.1, 0.15) is 11.3 Å². The maximum atomic E-state index is 11.7. The highest BCUT2D eigenvalue weighted by Gasteiger charge is 2.15. The average Bonchev–Trinajstić information content (AvgIpc) is 2.54. The minimum absolute atomic E-state index is 0.0440. The van der Waals surface area contributed by atoms with Gasteiger partial charge in [-0.3, -0.25) is 0 Å². The summed E-state index contributed by atoms with van der Waals surface area (Å²) >= 11 is 1.32. The first kappa shape index (κ1) is 15.0. The Bertz CT molecular complexity index is 629. The number of carbonyl (C=O) groups excluding carboxylic acids is 1. The zero-order chi connectivity index (χ0) is 15.2. The summed E-state index contributed by atoms with van der Waals surface area (Å²) in [5.74, 6) is -0.207. The van der Waals surface area contributed by atoms with Crippen molar-refractivity contribution in [3.63, 3.8) is 0 Å². The van der Waals surface area contributed by atoms with Crippen molar-refractivity contribution in [3.8, 4) is 17.8 Å². The summed E-state index contributed by atoms with van der Waals surface area (Å²) in [7, 11) is 2.75. The number of hydrogen-bond donors (Lipinski definition) is 0. The van der Waals surface area contributed by atoms with Gasteiger partial charge in [-0.05, 0) is 18.4 Å². The third-order valence-electron chi connectivity index (χ3n) is 2.43. The van der Waals surface area contributed by atoms with Crippen molar-refractivity contribution in [1.82, 2.24) is 15.0 Å². The first-order valence-corrected chi connectivity index (χ1v) is 7.09. The lowest BCUT2D eigenvalue weighted by molar-refractivity contribution is 0.0597. The van der Waals surface area contributed by atoms with Crippen molar-refractivity contribution in [2.75, 3.05) is 20.5 Å². The standard InChI is InChI=1S/C13H13N3O4S/c1-18-10(17)8-6-4-5-7-9(8)20-12-14-11(19-2)15-13(16-12)21-3/h4-7H,1-3H3. The maximum absolute atomic E-state index is 11.7. The van der Waals surface area contributed by atoms with E-state index in [0.717, 1.165) is 0 Å². The molecule has 1 heterocycles. The second-order valence-electron chi connectivity index (χ2n) is 3.68. The van der Waals surface area contributed by atoms with Gasteiger partial charge in [0.2, 0.25) is 0 Å². The lowest BCUT2D eigenvalue weighted by Crippen LogP contribution is -2.05. The van der Waals surface area contributed by atoms with Crippen LogP contribution in [0, 0.1) is 0 Å². The number of carbonyl (C=O) groups is 1. The van der Waals surface area contributed by atoms with E-state index in [1.54, 1.807) is 24.3 Å². The quantitative estimate of drug-likeness (QED) is 0.614. The van der Waals surface area contributed by atoms with Gasteiger partial charge in [-0.25, -0.2) is 4.79 Å². The highest BCUT2D eigenvalue weighted by atomic mass is 32.2. The minimum Gasteiger partial charge on any atom is -0.467 e. The van der Waals surface area contributed by atoms with Crippen molar-refractivity contribution < 1.29 is 19.0 Å². The summed E-state index contributed by atoms with van der Waals surface area (Å²) in [6.45, 7) is 0. The van der Waals surface area contributed by atoms with Gasteiger partial charge in [0.25, 0.3) is 0 Å². The molecule has 1 aromatic heterocycles. The molecule has 1 aromatic carbocycles. The molecular weight excluding hydrogens is 294 g/mol. The molecule has 0 N–H and O–H groups in total. The molecule has 2 rings (SSSR count). The van der Waals surface area contributed by atoms with Crippen molar-refractivity contribution in [2.45, 2.75) is 5.16 Å². The topological polar surface area (TPSA) is 83.4 Å². The fourth-order valence-corrected chi connectivity index (χ4v) is 1.82. The SMILES string of the molecule is COC(=O)c1ccccc1Oc1nc(OC)nc(SC)n1. The molecule has 110 valence electrons. The zero-order valence-electron chi connectivity index (χ0n) is 11.7. The summed E-state index contributed by atoms with van der Waals surface area (Å²) in [6, 6.07) is 6.84. The molecule has 0 spiro atoms. The smallest absolute Gasteiger partial charge is 0.341 e. The normalized spacial score (nSPS) is 10.0. The largest absolute Gasteiger partial charge is 0.467 e. The van der Waals surface area contributed by atoms with Crippen molar-refractivity contribution in [2.24, 2.45) is 0 Å². The molecule has 0 aliphatic rings. The van der Waals surface area contributed by atoms with E-state index < -0.39 is 5.97 Å². The molecule has 0 radical (unpaired) electrons. The van der Waals surface area contributed by atoms with E-state index in [1.165, 1.54) is 26.0 Å². The second-order valence-corrected chi connectivity index (χ2v) is 4.45. The second kappa shape index (κ2) is 6.89. The molecule has 2 aromatic rings. The van der Waals surface area contributed by atoms with E-state index in [-0.39, 0.29) is 17.6 Å². The number of para-hydroxylation sites is 1. The summed E-state index contributed by atoms with van der Waals surface area (Å²) in [4.78, 5) is 23.8. The molecule has 0 saturated heterocycles. The Hall–Kier alpha value is -2.35. The van der Waals surface area contributed by atoms with E-state index in [2.05, 4.69) is 15.0 Å². The van der Waals surface area contributed by atoms with Gasteiger partial charge >= 0.3 is 18.0 Å². The van der Waals surface area contributed by atoms with Crippen molar-refractivity contribution in [1.29, 1.82) is 0 Å². The molecule has 0 aliphatic carbocycles. The highest BCUT2D eigenvalue weighted by molar-refractivity contribution is 7.98. The summed E-state index contributed by atoms with van der Waals surface area (Å²) in [5, 5.41) is 0.451. The van der Waals surface area contributed by atoms with Gasteiger partial charge in [0, 0.05) is 0 Å². The Morgan fingerprint density at radius 3 is 2.48 bits per heavy atom. The summed E-state index contributed by atoms with van der Waals surface area (Å²) in [5.41, 5.74) is 0.282. The number of rotatable bonds is 5. The van der Waals surface area contributed by atoms with Crippen molar-refractivity contribution >= 4 is 17.7 Å². The zero-order valence-corrected chi connectivity index (χ0v) is 12.5. The number of nitrogens with zero attached hydrogens (tertiary/aromatic N) is 3. The molecule has 0 fully saturated rings. The molecule has 8 heteroatoms. The minimum atomic E-state index is -0.503. The predicted molar refractivity (Wildman–Crippen MR) is 76.0 cm³/mol. The average molecular weight is 307 g/mol. The van der Waals surface area contributed by atoms with Gasteiger partial charge in [-0.1, -0.05) is 23.9 Å². The van der Waals surface area contributed by atoms with E-state index in [9.17, 15) is 4.79 Å². The number of esters is 1. The number of benzene rings is 1. The van der Waals surface area contributed by atoms with Crippen molar-refractivity contribution in [3.05, 3.63) is 29.8 Å². The Balaban J connectivity index is 2.36. The van der Waals surface area contributed by atoms with Crippen LogP contribution < -0.4 is 9.47 Å². The number of aromatic nitrogens is 3. The number of ether oxygens (including phenoxy) is 3. The fraction of sp³-hybridized carbons (Fsp3) is 0.231. The van der Waals surface area contributed by atoms with Gasteiger partial charge in [-0.15, -0.1) is 4.98 Å². The van der Waals surface area contributed by atoms with Crippen LogP contribution in [0.2, 0.25) is 0 Å². The van der Waals surface area contributed by atoms with Crippen LogP contribution in [0.25, 0.3) is 0 Å². The Morgan fingerprint density at radius 1 is 1.10 bits per heavy atom. The molecule has 0 bridgehead atoms. The molecule has 0 unspecified atom stereocenters. The Kier molecular flexibility index (Phi) is 4.94. The first-order valence-electron chi connectivity index (χ1n) is 5.87. The first-order chi connectivity index (χ1) is 10.2. The van der Waals surface area contributed by atoms with E-state index >= 15 is 0 Å². The lowest BCUT2D eigenvalue weighted by atomic mass is 10.2. The van der Waals surface area contributed by atoms with Crippen LogP contribution in [0.3, 0.4) is 0 Å². The van der Waals surface area contributed by atoms with Crippen LogP contribution in [0.15, 0.2) is 29.4 Å². The van der Waals surface area contributed by atoms with Gasteiger partial charge < -0.3 is 14.2 Å². The van der Waals surface area contributed by atoms with Gasteiger partial charge in [-0.2, -0.15) is 9.97 Å². The Morgan fingerprint density at radius 2 is 1.81 bits per heavy atom. The van der Waals surface area contributed by atoms with E-state index in [1.807, 2.05) is 6.26 Å². The van der Waals surface area contributed by atoms with Gasteiger partial charge in [0.05, 0.1) is 14.2 Å². The van der Waals surface area contributed by atoms with Crippen LogP contribution >= 0.6 is 11.8 Å². The van der Waals surface area contributed by atoms with Gasteiger partial charge in [0.15, 0.2) is 5.16 Å². The third kappa shape index (κ3) is 3.60. The van der Waals surface area contributed by atoms with Crippen LogP contribution in [0.4, 0.5) is 0 Å². The van der Waals surface area contributed by atoms with E-state index in [4.69, 9.17) is 14.2 Å². The monoisotopic (exact) mass is 307 g/mol. The maximum Gasteiger partial charge on any atom is 0.341 e. The lowest BCUT2D eigenvalue weighted by Gasteiger charge is -2.09. The van der Waals surface area contributed by atoms with E-state index in [0.29, 0.717) is 10.9 Å². The molecule has 7 nitrogen and oxygen atoms in total. The molecule has 0 amide bonds. The molecule has 0 aliphatic heterocycles. The summed E-state index contributed by atoms with van der Waals surface area (Å²) < 4.78 is 15.3. The van der Waals surface area contributed by atoms with Crippen LogP contribution in [0.1, 0.15) is 10.4 Å². The molecule has 21 heavy (non-hydrogen) atoms. The Labute approximate surface area is 125 Å². The summed E-state index contributed by atoms with van der Waals surface area (Å²) in [6.07, 6.45) is 1.82. The van der Waals surface area contributed by atoms with Crippen LogP contribution in [-0.4, -0.2) is 41.4 Å². The third-order valence-corrected chi connectivity index (χ3v) is 2.98. The number of methoxy groups -OCH3 is 2. The van der Waals surface area contributed by atoms with Crippen LogP contribution in [-0.2, 0) is 4.74 Å². The molecule has 0 saturated carbocycles. The number of thioether (sulfide) groups is 1. The fourth-order valence-electron chi connectivity index (χ4n) is 1.48. The highest BCUT2D eigenvalue weighted by Crippen LogP contribution is 2.25. The van der Waals surface area contributed by atoms with Crippen LogP contribution in [0.5, 0.6) is 17.8 Å². The predicted octanol–water partition coefficient (Wildman–Crippen LogP) is 2.18.